The molecule has 5 heteroatoms. The topological polar surface area (TPSA) is 33.3 Å². The van der Waals surface area contributed by atoms with E-state index in [4.69, 9.17) is 29.2 Å². The zero-order valence-corrected chi connectivity index (χ0v) is 14.1. The second-order valence-corrected chi connectivity index (χ2v) is 8.52. The lowest BCUT2D eigenvalue weighted by Gasteiger charge is -2.31. The van der Waals surface area contributed by atoms with Crippen molar-refractivity contribution in [2.75, 3.05) is 0 Å². The standard InChI is InChI=1S/C16H24N2OS2/c20-13(17-15-5-1-11(9-15)2-6-15)19-14(21)18-16-7-3-12(10-16)4-8-16/h11-12H,1-10H2,(H,17,20)(H,18,21). The van der Waals surface area contributed by atoms with Gasteiger partial charge >= 0.3 is 0 Å². The Kier molecular flexibility index (Phi) is 3.41. The Morgan fingerprint density at radius 1 is 0.762 bits per heavy atom. The van der Waals surface area contributed by atoms with Crippen molar-refractivity contribution in [1.82, 2.24) is 10.6 Å². The van der Waals surface area contributed by atoms with Crippen molar-refractivity contribution in [3.05, 3.63) is 0 Å². The van der Waals surface area contributed by atoms with E-state index in [1.54, 1.807) is 0 Å². The molecule has 0 aliphatic heterocycles. The van der Waals surface area contributed by atoms with E-state index < -0.39 is 0 Å². The molecule has 116 valence electrons. The molecule has 4 aliphatic carbocycles. The van der Waals surface area contributed by atoms with E-state index in [0.29, 0.717) is 10.3 Å². The van der Waals surface area contributed by atoms with E-state index in [1.165, 1.54) is 64.2 Å². The molecular formula is C16H24N2OS2. The monoisotopic (exact) mass is 324 g/mol. The van der Waals surface area contributed by atoms with E-state index in [-0.39, 0.29) is 11.1 Å². The predicted molar refractivity (Wildman–Crippen MR) is 91.2 cm³/mol. The Morgan fingerprint density at radius 2 is 1.14 bits per heavy atom. The minimum absolute atomic E-state index is 0.210. The summed E-state index contributed by atoms with van der Waals surface area (Å²) in [6.45, 7) is 0. The molecule has 3 nitrogen and oxygen atoms in total. The molecule has 0 saturated heterocycles. The third kappa shape index (κ3) is 2.67. The maximum Gasteiger partial charge on any atom is 0.264 e. The minimum atomic E-state index is 0.210. The Bertz CT molecular complexity index is 421. The van der Waals surface area contributed by atoms with E-state index in [9.17, 15) is 0 Å². The van der Waals surface area contributed by atoms with Crippen molar-refractivity contribution >= 4 is 34.8 Å². The average Bonchev–Trinajstić information content (AvgIpc) is 3.16. The summed E-state index contributed by atoms with van der Waals surface area (Å²) in [7, 11) is 0. The Hall–Kier alpha value is -0.420. The van der Waals surface area contributed by atoms with Crippen LogP contribution in [0.2, 0.25) is 0 Å². The third-order valence-corrected chi connectivity index (χ3v) is 6.77. The summed E-state index contributed by atoms with van der Waals surface area (Å²) in [6, 6.07) is 0. The van der Waals surface area contributed by atoms with E-state index >= 15 is 0 Å². The summed E-state index contributed by atoms with van der Waals surface area (Å²) in [4.78, 5) is 0. The predicted octanol–water partition coefficient (Wildman–Crippen LogP) is 3.42. The summed E-state index contributed by atoms with van der Waals surface area (Å²) in [5.41, 5.74) is 0.420. The lowest BCUT2D eigenvalue weighted by Crippen LogP contribution is -2.49. The molecular weight excluding hydrogens is 300 g/mol. The summed E-state index contributed by atoms with van der Waals surface area (Å²) in [5, 5.41) is 7.87. The molecule has 4 rings (SSSR count). The highest BCUT2D eigenvalue weighted by Crippen LogP contribution is 2.48. The highest BCUT2D eigenvalue weighted by molar-refractivity contribution is 7.81. The molecule has 21 heavy (non-hydrogen) atoms. The quantitative estimate of drug-likeness (QED) is 0.761. The fourth-order valence-electron chi connectivity index (χ4n) is 5.30. The van der Waals surface area contributed by atoms with Crippen LogP contribution >= 0.6 is 24.4 Å². The van der Waals surface area contributed by atoms with Gasteiger partial charge in [-0.15, -0.1) is 0 Å². The van der Waals surface area contributed by atoms with Crippen LogP contribution in [0.25, 0.3) is 0 Å². The maximum atomic E-state index is 5.71. The van der Waals surface area contributed by atoms with Crippen LogP contribution in [-0.2, 0) is 4.74 Å². The van der Waals surface area contributed by atoms with Gasteiger partial charge in [-0.25, -0.2) is 0 Å². The van der Waals surface area contributed by atoms with Gasteiger partial charge in [0.05, 0.1) is 0 Å². The normalized spacial score (nSPS) is 43.0. The summed E-state index contributed by atoms with van der Waals surface area (Å²) >= 11 is 10.8. The van der Waals surface area contributed by atoms with E-state index in [2.05, 4.69) is 10.6 Å². The van der Waals surface area contributed by atoms with Gasteiger partial charge in [0.25, 0.3) is 10.3 Å². The van der Waals surface area contributed by atoms with Crippen LogP contribution in [0.3, 0.4) is 0 Å². The average molecular weight is 325 g/mol. The van der Waals surface area contributed by atoms with Gasteiger partial charge in [-0.05, 0) is 100 Å². The summed E-state index contributed by atoms with van der Waals surface area (Å²) < 4.78 is 5.71. The number of hydrogen-bond donors (Lipinski definition) is 2. The number of hydrogen-bond acceptors (Lipinski definition) is 3. The minimum Gasteiger partial charge on any atom is -0.405 e. The Morgan fingerprint density at radius 3 is 1.43 bits per heavy atom. The van der Waals surface area contributed by atoms with Gasteiger partial charge in [0.1, 0.15) is 0 Å². The number of ether oxygens (including phenoxy) is 1. The molecule has 4 aliphatic rings. The first kappa shape index (κ1) is 14.2. The van der Waals surface area contributed by atoms with Gasteiger partial charge in [0, 0.05) is 11.1 Å². The van der Waals surface area contributed by atoms with Gasteiger partial charge < -0.3 is 15.4 Å². The molecule has 0 aromatic rings. The van der Waals surface area contributed by atoms with E-state index in [0.717, 1.165) is 11.8 Å². The van der Waals surface area contributed by atoms with Crippen LogP contribution < -0.4 is 10.6 Å². The van der Waals surface area contributed by atoms with Crippen molar-refractivity contribution in [2.45, 2.75) is 75.3 Å². The highest BCUT2D eigenvalue weighted by Gasteiger charge is 2.47. The first-order chi connectivity index (χ1) is 10.1. The zero-order valence-electron chi connectivity index (χ0n) is 12.5. The summed E-state index contributed by atoms with van der Waals surface area (Å²) in [6.07, 6.45) is 12.8. The molecule has 0 heterocycles. The van der Waals surface area contributed by atoms with Crippen molar-refractivity contribution in [1.29, 1.82) is 0 Å². The fourth-order valence-corrected chi connectivity index (χ4v) is 5.95. The van der Waals surface area contributed by atoms with E-state index in [1.807, 2.05) is 0 Å². The number of rotatable bonds is 2. The van der Waals surface area contributed by atoms with Crippen LogP contribution in [0.5, 0.6) is 0 Å². The smallest absolute Gasteiger partial charge is 0.264 e. The molecule has 0 unspecified atom stereocenters. The highest BCUT2D eigenvalue weighted by atomic mass is 32.1. The Labute approximate surface area is 137 Å². The molecule has 0 radical (unpaired) electrons. The van der Waals surface area contributed by atoms with Crippen LogP contribution in [0.15, 0.2) is 0 Å². The molecule has 4 bridgehead atoms. The second-order valence-electron chi connectivity index (χ2n) is 7.78. The molecule has 0 atom stereocenters. The number of thiocarbonyl (C=S) groups is 2. The molecule has 0 aromatic heterocycles. The van der Waals surface area contributed by atoms with Crippen LogP contribution in [0.1, 0.15) is 64.2 Å². The van der Waals surface area contributed by atoms with Crippen LogP contribution in [0.4, 0.5) is 0 Å². The van der Waals surface area contributed by atoms with Gasteiger partial charge in [0.15, 0.2) is 0 Å². The molecule has 0 aromatic carbocycles. The van der Waals surface area contributed by atoms with Gasteiger partial charge in [-0.2, -0.15) is 0 Å². The fraction of sp³-hybridized carbons (Fsp3) is 0.875. The lowest BCUT2D eigenvalue weighted by atomic mass is 9.94. The van der Waals surface area contributed by atoms with Crippen molar-refractivity contribution < 1.29 is 4.74 Å². The molecule has 4 saturated carbocycles. The first-order valence-electron chi connectivity index (χ1n) is 8.39. The molecule has 0 amide bonds. The van der Waals surface area contributed by atoms with Crippen molar-refractivity contribution in [3.63, 3.8) is 0 Å². The molecule has 0 spiro atoms. The van der Waals surface area contributed by atoms with Crippen LogP contribution in [0, 0.1) is 11.8 Å². The van der Waals surface area contributed by atoms with Crippen molar-refractivity contribution in [2.24, 2.45) is 11.8 Å². The largest absolute Gasteiger partial charge is 0.405 e. The first-order valence-corrected chi connectivity index (χ1v) is 9.20. The summed E-state index contributed by atoms with van der Waals surface area (Å²) in [5.74, 6) is 1.80. The van der Waals surface area contributed by atoms with Gasteiger partial charge in [-0.1, -0.05) is 0 Å². The van der Waals surface area contributed by atoms with Crippen LogP contribution in [-0.4, -0.2) is 21.4 Å². The van der Waals surface area contributed by atoms with Gasteiger partial charge in [-0.3, -0.25) is 0 Å². The number of nitrogens with one attached hydrogen (secondary N) is 2. The third-order valence-electron chi connectivity index (χ3n) is 6.40. The lowest BCUT2D eigenvalue weighted by molar-refractivity contribution is 0.335. The SMILES string of the molecule is S=C(NC12CCC(CC1)C2)OC(=S)NC12CCC(CC1)C2. The second kappa shape index (κ2) is 5.05. The van der Waals surface area contributed by atoms with Crippen molar-refractivity contribution in [3.8, 4) is 0 Å². The zero-order chi connectivity index (χ0) is 14.5. The number of fused-ring (bicyclic) bond motifs is 4. The molecule has 2 N–H and O–H groups in total. The maximum absolute atomic E-state index is 5.71. The molecule has 4 fully saturated rings. The Balaban J connectivity index is 1.29. The van der Waals surface area contributed by atoms with Gasteiger partial charge in [0.2, 0.25) is 0 Å².